The van der Waals surface area contributed by atoms with Crippen LogP contribution in [0.15, 0.2) is 23.1 Å². The third-order valence-corrected chi connectivity index (χ3v) is 4.83. The predicted molar refractivity (Wildman–Crippen MR) is 75.6 cm³/mol. The number of hydrogen-bond acceptors (Lipinski definition) is 4. The molecule has 0 aromatic heterocycles. The van der Waals surface area contributed by atoms with Gasteiger partial charge in [0.15, 0.2) is 11.6 Å². The minimum Gasteiger partial charge on any atom is -0.494 e. The summed E-state index contributed by atoms with van der Waals surface area (Å²) in [7, 11) is -0.938. The Morgan fingerprint density at radius 2 is 2.00 bits per heavy atom. The summed E-state index contributed by atoms with van der Waals surface area (Å²) in [6.45, 7) is 4.39. The molecular weight excluding hydrogens is 283 g/mol. The van der Waals surface area contributed by atoms with Gasteiger partial charge >= 0.3 is 0 Å². The molecule has 0 atom stereocenters. The summed E-state index contributed by atoms with van der Waals surface area (Å²) in [6.07, 6.45) is 0. The van der Waals surface area contributed by atoms with Crippen molar-refractivity contribution in [2.45, 2.75) is 18.7 Å². The minimum absolute atomic E-state index is 0.00827. The van der Waals surface area contributed by atoms with Crippen molar-refractivity contribution in [1.29, 1.82) is 0 Å². The Hall–Kier alpha value is -1.18. The Balaban J connectivity index is 3.10. The first-order chi connectivity index (χ1) is 9.14. The molecule has 1 aromatic carbocycles. The van der Waals surface area contributed by atoms with E-state index < -0.39 is 15.8 Å². The van der Waals surface area contributed by atoms with Crippen LogP contribution in [-0.4, -0.2) is 40.0 Å². The van der Waals surface area contributed by atoms with Crippen LogP contribution in [0.25, 0.3) is 0 Å². The molecule has 20 heavy (non-hydrogen) atoms. The number of halogens is 1. The van der Waals surface area contributed by atoms with Gasteiger partial charge in [-0.3, -0.25) is 0 Å². The van der Waals surface area contributed by atoms with Crippen molar-refractivity contribution in [1.82, 2.24) is 4.31 Å². The van der Waals surface area contributed by atoms with Crippen molar-refractivity contribution in [3.05, 3.63) is 24.0 Å². The smallest absolute Gasteiger partial charge is 0.242 e. The van der Waals surface area contributed by atoms with Gasteiger partial charge in [0.25, 0.3) is 0 Å². The molecule has 0 saturated carbocycles. The van der Waals surface area contributed by atoms with Crippen LogP contribution >= 0.6 is 0 Å². The van der Waals surface area contributed by atoms with E-state index in [1.807, 2.05) is 13.8 Å². The van der Waals surface area contributed by atoms with Gasteiger partial charge < -0.3 is 10.5 Å². The van der Waals surface area contributed by atoms with Crippen molar-refractivity contribution in [3.63, 3.8) is 0 Å². The highest BCUT2D eigenvalue weighted by atomic mass is 32.2. The fourth-order valence-corrected chi connectivity index (χ4v) is 3.11. The van der Waals surface area contributed by atoms with E-state index in [0.29, 0.717) is 6.54 Å². The van der Waals surface area contributed by atoms with Gasteiger partial charge in [0.2, 0.25) is 10.0 Å². The van der Waals surface area contributed by atoms with Crippen LogP contribution in [-0.2, 0) is 10.0 Å². The number of nitrogens with two attached hydrogens (primary N) is 1. The van der Waals surface area contributed by atoms with Crippen LogP contribution in [0, 0.1) is 11.2 Å². The second-order valence-electron chi connectivity index (χ2n) is 5.43. The van der Waals surface area contributed by atoms with Crippen LogP contribution in [0.4, 0.5) is 4.39 Å². The highest BCUT2D eigenvalue weighted by Gasteiger charge is 2.27. The van der Waals surface area contributed by atoms with Crippen molar-refractivity contribution in [3.8, 4) is 5.75 Å². The SMILES string of the molecule is COc1cc(S(=O)(=O)N(C)CC(C)(C)CN)ccc1F. The summed E-state index contributed by atoms with van der Waals surface area (Å²) in [5.74, 6) is -0.700. The standard InChI is InChI=1S/C13H21FN2O3S/c1-13(2,8-15)9-16(3)20(17,18)10-5-6-11(14)12(7-10)19-4/h5-7H,8-9,15H2,1-4H3. The second-order valence-corrected chi connectivity index (χ2v) is 7.47. The Morgan fingerprint density at radius 1 is 1.40 bits per heavy atom. The van der Waals surface area contributed by atoms with E-state index in [0.717, 1.165) is 6.07 Å². The molecule has 0 fully saturated rings. The minimum atomic E-state index is -3.70. The molecule has 0 unspecified atom stereocenters. The van der Waals surface area contributed by atoms with E-state index in [9.17, 15) is 12.8 Å². The predicted octanol–water partition coefficient (Wildman–Crippen LogP) is 1.44. The van der Waals surface area contributed by atoms with Crippen molar-refractivity contribution in [2.24, 2.45) is 11.1 Å². The highest BCUT2D eigenvalue weighted by molar-refractivity contribution is 7.89. The zero-order chi connectivity index (χ0) is 15.6. The van der Waals surface area contributed by atoms with Gasteiger partial charge in [-0.2, -0.15) is 0 Å². The zero-order valence-corrected chi connectivity index (χ0v) is 13.0. The monoisotopic (exact) mass is 304 g/mol. The van der Waals surface area contributed by atoms with Gasteiger partial charge in [-0.05, 0) is 24.1 Å². The van der Waals surface area contributed by atoms with Gasteiger partial charge in [0.1, 0.15) is 0 Å². The number of nitrogens with zero attached hydrogens (tertiary/aromatic N) is 1. The first-order valence-corrected chi connectivity index (χ1v) is 7.58. The van der Waals surface area contributed by atoms with E-state index in [4.69, 9.17) is 10.5 Å². The van der Waals surface area contributed by atoms with Crippen LogP contribution in [0.5, 0.6) is 5.75 Å². The molecule has 5 nitrogen and oxygen atoms in total. The van der Waals surface area contributed by atoms with Gasteiger partial charge in [0.05, 0.1) is 12.0 Å². The van der Waals surface area contributed by atoms with Gasteiger partial charge in [-0.15, -0.1) is 0 Å². The van der Waals surface area contributed by atoms with Crippen molar-refractivity contribution in [2.75, 3.05) is 27.2 Å². The third kappa shape index (κ3) is 3.68. The lowest BCUT2D eigenvalue weighted by molar-refractivity contribution is 0.292. The molecule has 0 bridgehead atoms. The van der Waals surface area contributed by atoms with E-state index in [2.05, 4.69) is 0 Å². The average molecular weight is 304 g/mol. The lowest BCUT2D eigenvalue weighted by Gasteiger charge is -2.28. The topological polar surface area (TPSA) is 72.6 Å². The van der Waals surface area contributed by atoms with Gasteiger partial charge in [0, 0.05) is 19.7 Å². The lowest BCUT2D eigenvalue weighted by Crippen LogP contribution is -2.39. The molecule has 0 amide bonds. The number of sulfonamides is 1. The molecule has 0 spiro atoms. The molecule has 1 rings (SSSR count). The van der Waals surface area contributed by atoms with Crippen molar-refractivity contribution < 1.29 is 17.5 Å². The first kappa shape index (κ1) is 16.9. The summed E-state index contributed by atoms with van der Waals surface area (Å²) in [6, 6.07) is 3.48. The molecule has 0 aliphatic rings. The quantitative estimate of drug-likeness (QED) is 0.863. The highest BCUT2D eigenvalue weighted by Crippen LogP contribution is 2.25. The Morgan fingerprint density at radius 3 is 2.50 bits per heavy atom. The van der Waals surface area contributed by atoms with Crippen LogP contribution in [0.1, 0.15) is 13.8 Å². The molecule has 0 heterocycles. The maximum Gasteiger partial charge on any atom is 0.242 e. The molecule has 0 aliphatic carbocycles. The van der Waals surface area contributed by atoms with Crippen LogP contribution in [0.2, 0.25) is 0 Å². The third-order valence-electron chi connectivity index (χ3n) is 3.03. The maximum absolute atomic E-state index is 13.3. The zero-order valence-electron chi connectivity index (χ0n) is 12.2. The van der Waals surface area contributed by atoms with E-state index >= 15 is 0 Å². The second kappa shape index (κ2) is 6.07. The van der Waals surface area contributed by atoms with Crippen LogP contribution < -0.4 is 10.5 Å². The Kier molecular flexibility index (Phi) is 5.12. The molecule has 114 valence electrons. The molecule has 1 aromatic rings. The summed E-state index contributed by atoms with van der Waals surface area (Å²) in [5, 5.41) is 0. The van der Waals surface area contributed by atoms with E-state index in [-0.39, 0.29) is 22.6 Å². The molecule has 0 aliphatic heterocycles. The number of rotatable bonds is 6. The number of benzene rings is 1. The first-order valence-electron chi connectivity index (χ1n) is 6.14. The summed E-state index contributed by atoms with van der Waals surface area (Å²) in [4.78, 5) is -0.00827. The summed E-state index contributed by atoms with van der Waals surface area (Å²) < 4.78 is 44.2. The fraction of sp³-hybridized carbons (Fsp3) is 0.538. The summed E-state index contributed by atoms with van der Waals surface area (Å²) >= 11 is 0. The molecule has 7 heteroatoms. The number of hydrogen-bond donors (Lipinski definition) is 1. The summed E-state index contributed by atoms with van der Waals surface area (Å²) in [5.41, 5.74) is 5.27. The maximum atomic E-state index is 13.3. The fourth-order valence-electron chi connectivity index (χ4n) is 1.73. The largest absolute Gasteiger partial charge is 0.494 e. The lowest BCUT2D eigenvalue weighted by atomic mass is 9.94. The van der Waals surface area contributed by atoms with E-state index in [1.54, 1.807) is 0 Å². The average Bonchev–Trinajstić information content (AvgIpc) is 2.38. The van der Waals surface area contributed by atoms with Gasteiger partial charge in [-0.25, -0.2) is 17.1 Å². The Bertz CT molecular complexity index is 573. The molecular formula is C13H21FN2O3S. The molecule has 2 N–H and O–H groups in total. The normalized spacial score (nSPS) is 12.8. The number of methoxy groups -OCH3 is 1. The molecule has 0 radical (unpaired) electrons. The Labute approximate surface area is 119 Å². The number of ether oxygens (including phenoxy) is 1. The van der Waals surface area contributed by atoms with Crippen molar-refractivity contribution >= 4 is 10.0 Å². The van der Waals surface area contributed by atoms with Crippen LogP contribution in [0.3, 0.4) is 0 Å². The van der Waals surface area contributed by atoms with E-state index in [1.165, 1.54) is 30.6 Å². The van der Waals surface area contributed by atoms with Gasteiger partial charge in [-0.1, -0.05) is 13.8 Å². The molecule has 0 saturated heterocycles.